The Morgan fingerprint density at radius 1 is 1.07 bits per heavy atom. The average molecular weight is 561 g/mol. The standard InChI is InChI=1S/C29H32N6O4S/c1-18(2)33-8-9-34(29(33)38)23-15-21(32-10-12-39-13-11-32)17-35-26(23)31-24(25(36)28(35)37)27-30-16-22(40-27)14-20-6-4-19(3)5-7-20/h4-7,15-18,36H,8-14H2,1-3H3. The van der Waals surface area contributed by atoms with Crippen molar-refractivity contribution in [1.82, 2.24) is 19.3 Å². The molecule has 5 heterocycles. The number of urea groups is 1. The van der Waals surface area contributed by atoms with Gasteiger partial charge in [-0.2, -0.15) is 0 Å². The molecule has 2 aliphatic rings. The Kier molecular flexibility index (Phi) is 6.93. The number of pyridine rings is 1. The molecule has 2 saturated heterocycles. The van der Waals surface area contributed by atoms with Gasteiger partial charge in [-0.3, -0.25) is 14.1 Å². The largest absolute Gasteiger partial charge is 0.501 e. The summed E-state index contributed by atoms with van der Waals surface area (Å²) in [4.78, 5) is 42.9. The van der Waals surface area contributed by atoms with Crippen molar-refractivity contribution >= 4 is 34.4 Å². The maximum atomic E-state index is 13.6. The van der Waals surface area contributed by atoms with Gasteiger partial charge in [0.1, 0.15) is 10.7 Å². The fourth-order valence-corrected chi connectivity index (χ4v) is 6.14. The number of morpholine rings is 1. The molecule has 4 aromatic rings. The number of thiazole rings is 1. The molecule has 11 heteroatoms. The Morgan fingerprint density at radius 2 is 1.82 bits per heavy atom. The number of aromatic hydroxyl groups is 1. The summed E-state index contributed by atoms with van der Waals surface area (Å²) in [5.74, 6) is -0.463. The van der Waals surface area contributed by atoms with Crippen molar-refractivity contribution in [1.29, 1.82) is 0 Å². The van der Waals surface area contributed by atoms with E-state index in [9.17, 15) is 14.7 Å². The van der Waals surface area contributed by atoms with Gasteiger partial charge in [0.25, 0.3) is 0 Å². The van der Waals surface area contributed by atoms with Gasteiger partial charge in [0.2, 0.25) is 5.75 Å². The lowest BCUT2D eigenvalue weighted by atomic mass is 10.1. The molecule has 0 aliphatic carbocycles. The third-order valence-electron chi connectivity index (χ3n) is 7.45. The lowest BCUT2D eigenvalue weighted by molar-refractivity contribution is 0.122. The Balaban J connectivity index is 1.46. The molecule has 2 fully saturated rings. The van der Waals surface area contributed by atoms with E-state index >= 15 is 0 Å². The maximum Gasteiger partial charge on any atom is 0.324 e. The second-order valence-corrected chi connectivity index (χ2v) is 11.6. The van der Waals surface area contributed by atoms with Gasteiger partial charge in [0, 0.05) is 55.9 Å². The first kappa shape index (κ1) is 26.3. The van der Waals surface area contributed by atoms with Gasteiger partial charge in [-0.25, -0.2) is 14.8 Å². The van der Waals surface area contributed by atoms with Crippen LogP contribution in [0.2, 0.25) is 0 Å². The summed E-state index contributed by atoms with van der Waals surface area (Å²) in [6, 6.07) is 10.1. The molecule has 40 heavy (non-hydrogen) atoms. The average Bonchev–Trinajstić information content (AvgIpc) is 3.58. The molecular formula is C29H32N6O4S. The van der Waals surface area contributed by atoms with Gasteiger partial charge >= 0.3 is 11.6 Å². The fourth-order valence-electron chi connectivity index (χ4n) is 5.20. The highest BCUT2D eigenvalue weighted by molar-refractivity contribution is 7.15. The Bertz CT molecular complexity index is 1620. The van der Waals surface area contributed by atoms with E-state index in [2.05, 4.69) is 41.1 Å². The van der Waals surface area contributed by atoms with Crippen molar-refractivity contribution in [3.63, 3.8) is 0 Å². The quantitative estimate of drug-likeness (QED) is 0.381. The normalized spacial score (nSPS) is 16.1. The minimum Gasteiger partial charge on any atom is -0.501 e. The first-order valence-corrected chi connectivity index (χ1v) is 14.3. The van der Waals surface area contributed by atoms with Gasteiger partial charge in [-0.05, 0) is 32.4 Å². The SMILES string of the molecule is Cc1ccc(Cc2cnc(-c3nc4c(N5CCN(C(C)C)C5=O)cc(N5CCOCC5)cn4c(=O)c3O)s2)cc1. The van der Waals surface area contributed by atoms with Crippen LogP contribution in [-0.2, 0) is 11.2 Å². The summed E-state index contributed by atoms with van der Waals surface area (Å²) in [7, 11) is 0. The molecule has 3 aromatic heterocycles. The van der Waals surface area contributed by atoms with Crippen LogP contribution < -0.4 is 15.4 Å². The number of hydrogen-bond acceptors (Lipinski definition) is 8. The maximum absolute atomic E-state index is 13.6. The first-order chi connectivity index (χ1) is 19.3. The van der Waals surface area contributed by atoms with Gasteiger partial charge in [0.05, 0.1) is 24.6 Å². The lowest BCUT2D eigenvalue weighted by Gasteiger charge is -2.30. The number of fused-ring (bicyclic) bond motifs is 1. The number of hydrogen-bond donors (Lipinski definition) is 1. The van der Waals surface area contributed by atoms with Crippen LogP contribution in [0.25, 0.3) is 16.3 Å². The lowest BCUT2D eigenvalue weighted by Crippen LogP contribution is -2.38. The van der Waals surface area contributed by atoms with Crippen LogP contribution in [0.4, 0.5) is 16.2 Å². The number of benzene rings is 1. The summed E-state index contributed by atoms with van der Waals surface area (Å²) >= 11 is 1.39. The predicted molar refractivity (Wildman–Crippen MR) is 156 cm³/mol. The van der Waals surface area contributed by atoms with Crippen molar-refractivity contribution in [2.24, 2.45) is 0 Å². The molecule has 6 rings (SSSR count). The molecular weight excluding hydrogens is 528 g/mol. The molecule has 0 atom stereocenters. The number of carbonyl (C=O) groups excluding carboxylic acids is 1. The topological polar surface area (TPSA) is 104 Å². The zero-order valence-corrected chi connectivity index (χ0v) is 23.6. The van der Waals surface area contributed by atoms with E-state index in [0.717, 1.165) is 16.1 Å². The van der Waals surface area contributed by atoms with E-state index in [0.29, 0.717) is 62.2 Å². The van der Waals surface area contributed by atoms with E-state index in [-0.39, 0.29) is 17.8 Å². The van der Waals surface area contributed by atoms with Gasteiger partial charge in [0.15, 0.2) is 5.65 Å². The highest BCUT2D eigenvalue weighted by Crippen LogP contribution is 2.35. The van der Waals surface area contributed by atoms with Crippen molar-refractivity contribution in [3.8, 4) is 16.5 Å². The second kappa shape index (κ2) is 10.5. The first-order valence-electron chi connectivity index (χ1n) is 13.5. The van der Waals surface area contributed by atoms with Crippen LogP contribution in [0.3, 0.4) is 0 Å². The number of aromatic nitrogens is 3. The Labute approximate surface area is 236 Å². The van der Waals surface area contributed by atoms with E-state index in [1.54, 1.807) is 22.2 Å². The van der Waals surface area contributed by atoms with Gasteiger partial charge in [-0.15, -0.1) is 11.3 Å². The highest BCUT2D eigenvalue weighted by atomic mass is 32.1. The van der Waals surface area contributed by atoms with Gasteiger partial charge < -0.3 is 19.6 Å². The molecule has 0 saturated carbocycles. The number of amides is 2. The molecule has 0 radical (unpaired) electrons. The summed E-state index contributed by atoms with van der Waals surface area (Å²) in [6.07, 6.45) is 4.14. The number of anilines is 2. The van der Waals surface area contributed by atoms with Crippen LogP contribution in [-0.4, -0.2) is 75.8 Å². The number of carbonyl (C=O) groups is 1. The minimum atomic E-state index is -0.598. The molecule has 2 aliphatic heterocycles. The number of rotatable bonds is 6. The zero-order chi connectivity index (χ0) is 28.0. The van der Waals surface area contributed by atoms with Crippen molar-refractivity contribution in [3.05, 3.63) is 69.1 Å². The van der Waals surface area contributed by atoms with Crippen LogP contribution in [0.5, 0.6) is 5.75 Å². The predicted octanol–water partition coefficient (Wildman–Crippen LogP) is 3.91. The van der Waals surface area contributed by atoms with Crippen LogP contribution in [0.15, 0.2) is 47.5 Å². The minimum absolute atomic E-state index is 0.0451. The molecule has 10 nitrogen and oxygen atoms in total. The summed E-state index contributed by atoms with van der Waals surface area (Å²) in [5, 5.41) is 11.5. The smallest absolute Gasteiger partial charge is 0.324 e. The van der Waals surface area contributed by atoms with Crippen molar-refractivity contribution in [2.45, 2.75) is 33.2 Å². The molecule has 1 N–H and O–H groups in total. The van der Waals surface area contributed by atoms with E-state index in [1.165, 1.54) is 21.3 Å². The molecule has 1 aromatic carbocycles. The van der Waals surface area contributed by atoms with Crippen molar-refractivity contribution < 1.29 is 14.6 Å². The number of nitrogens with zero attached hydrogens (tertiary/aromatic N) is 6. The van der Waals surface area contributed by atoms with Crippen LogP contribution >= 0.6 is 11.3 Å². The Morgan fingerprint density at radius 3 is 2.52 bits per heavy atom. The number of ether oxygens (including phenoxy) is 1. The van der Waals surface area contributed by atoms with E-state index in [1.807, 2.05) is 19.9 Å². The fraction of sp³-hybridized carbons (Fsp3) is 0.379. The zero-order valence-electron chi connectivity index (χ0n) is 22.8. The molecule has 208 valence electrons. The Hall–Kier alpha value is -3.96. The summed E-state index contributed by atoms with van der Waals surface area (Å²) in [5.41, 5.74) is 3.48. The highest BCUT2D eigenvalue weighted by Gasteiger charge is 2.34. The van der Waals surface area contributed by atoms with Gasteiger partial charge in [-0.1, -0.05) is 29.8 Å². The summed E-state index contributed by atoms with van der Waals surface area (Å²) in [6.45, 7) is 9.54. The van der Waals surface area contributed by atoms with E-state index < -0.39 is 11.3 Å². The third-order valence-corrected chi connectivity index (χ3v) is 8.46. The molecule has 0 unspecified atom stereocenters. The second-order valence-electron chi connectivity index (χ2n) is 10.5. The van der Waals surface area contributed by atoms with Crippen molar-refractivity contribution in [2.75, 3.05) is 49.2 Å². The number of aryl methyl sites for hydroxylation is 1. The summed E-state index contributed by atoms with van der Waals surface area (Å²) < 4.78 is 6.86. The molecule has 2 amide bonds. The molecule has 0 spiro atoms. The third kappa shape index (κ3) is 4.79. The molecule has 0 bridgehead atoms. The van der Waals surface area contributed by atoms with Crippen LogP contribution in [0, 0.1) is 6.92 Å². The van der Waals surface area contributed by atoms with Crippen LogP contribution in [0.1, 0.15) is 29.9 Å². The monoisotopic (exact) mass is 560 g/mol. The van der Waals surface area contributed by atoms with E-state index in [4.69, 9.17) is 9.72 Å².